The van der Waals surface area contributed by atoms with Crippen molar-refractivity contribution in [3.63, 3.8) is 0 Å². The molecule has 1 rings (SSSR count). The Balaban J connectivity index is 2.00. The first-order valence-electron chi connectivity index (χ1n) is 6.41. The zero-order valence-corrected chi connectivity index (χ0v) is 11.6. The second kappa shape index (κ2) is 7.86. The van der Waals surface area contributed by atoms with E-state index in [0.717, 1.165) is 18.4 Å². The molecule has 1 unspecified atom stereocenters. The smallest absolute Gasteiger partial charge is 0.00452 e. The summed E-state index contributed by atoms with van der Waals surface area (Å²) in [6.45, 7) is 9.18. The molecule has 92 valence electrons. The minimum Gasteiger partial charge on any atom is -0.316 e. The largest absolute Gasteiger partial charge is 0.316 e. The lowest BCUT2D eigenvalue weighted by Gasteiger charge is -2.13. The molecule has 1 aromatic rings. The molecule has 0 saturated carbocycles. The predicted molar refractivity (Wildman–Crippen MR) is 74.1 cm³/mol. The highest BCUT2D eigenvalue weighted by molar-refractivity contribution is 7.09. The van der Waals surface area contributed by atoms with Gasteiger partial charge in [0.15, 0.2) is 0 Å². The van der Waals surface area contributed by atoms with Gasteiger partial charge in [-0.2, -0.15) is 0 Å². The Labute approximate surface area is 104 Å². The lowest BCUT2D eigenvalue weighted by atomic mass is 10.0. The van der Waals surface area contributed by atoms with Gasteiger partial charge in [0.25, 0.3) is 0 Å². The normalized spacial score (nSPS) is 13.2. The van der Waals surface area contributed by atoms with Crippen molar-refractivity contribution in [2.24, 2.45) is 11.8 Å². The fourth-order valence-corrected chi connectivity index (χ4v) is 2.55. The van der Waals surface area contributed by atoms with Crippen LogP contribution in [0.2, 0.25) is 0 Å². The topological polar surface area (TPSA) is 12.0 Å². The third-order valence-electron chi connectivity index (χ3n) is 2.75. The van der Waals surface area contributed by atoms with E-state index in [1.165, 1.54) is 30.7 Å². The highest BCUT2D eigenvalue weighted by Gasteiger charge is 2.03. The summed E-state index contributed by atoms with van der Waals surface area (Å²) in [7, 11) is 0. The van der Waals surface area contributed by atoms with Gasteiger partial charge in [-0.15, -0.1) is 11.3 Å². The average Bonchev–Trinajstić information content (AvgIpc) is 2.70. The zero-order valence-electron chi connectivity index (χ0n) is 10.8. The Morgan fingerprint density at radius 3 is 2.69 bits per heavy atom. The minimum atomic E-state index is 0.762. The molecule has 0 amide bonds. The van der Waals surface area contributed by atoms with E-state index < -0.39 is 0 Å². The molecule has 0 aliphatic heterocycles. The van der Waals surface area contributed by atoms with E-state index in [-0.39, 0.29) is 0 Å². The van der Waals surface area contributed by atoms with E-state index in [4.69, 9.17) is 0 Å². The van der Waals surface area contributed by atoms with Gasteiger partial charge in [0, 0.05) is 4.88 Å². The van der Waals surface area contributed by atoms with Gasteiger partial charge in [0.2, 0.25) is 0 Å². The molecular formula is C14H25NS. The zero-order chi connectivity index (χ0) is 11.8. The van der Waals surface area contributed by atoms with Crippen molar-refractivity contribution < 1.29 is 0 Å². The van der Waals surface area contributed by atoms with Crippen LogP contribution in [0.15, 0.2) is 17.5 Å². The minimum absolute atomic E-state index is 0.762. The molecule has 0 aliphatic carbocycles. The van der Waals surface area contributed by atoms with Crippen LogP contribution in [-0.2, 0) is 6.42 Å². The van der Waals surface area contributed by atoms with Crippen molar-refractivity contribution >= 4 is 11.3 Å². The molecular weight excluding hydrogens is 214 g/mol. The molecule has 1 N–H and O–H groups in total. The third-order valence-corrected chi connectivity index (χ3v) is 3.68. The van der Waals surface area contributed by atoms with E-state index in [9.17, 15) is 0 Å². The van der Waals surface area contributed by atoms with Crippen LogP contribution in [0.3, 0.4) is 0 Å². The monoisotopic (exact) mass is 239 g/mol. The highest BCUT2D eigenvalue weighted by atomic mass is 32.1. The molecule has 0 radical (unpaired) electrons. The van der Waals surface area contributed by atoms with Gasteiger partial charge in [-0.1, -0.05) is 26.8 Å². The van der Waals surface area contributed by atoms with E-state index in [1.54, 1.807) is 0 Å². The first-order valence-corrected chi connectivity index (χ1v) is 7.29. The summed E-state index contributed by atoms with van der Waals surface area (Å²) in [5, 5.41) is 5.70. The molecule has 2 heteroatoms. The van der Waals surface area contributed by atoms with Gasteiger partial charge in [-0.05, 0) is 55.6 Å². The number of rotatable bonds is 8. The number of aryl methyl sites for hydroxylation is 1. The van der Waals surface area contributed by atoms with Crippen molar-refractivity contribution in [1.29, 1.82) is 0 Å². The van der Waals surface area contributed by atoms with Crippen LogP contribution in [0.25, 0.3) is 0 Å². The molecule has 1 nitrogen and oxygen atoms in total. The van der Waals surface area contributed by atoms with Gasteiger partial charge in [0.1, 0.15) is 0 Å². The first kappa shape index (κ1) is 13.7. The summed E-state index contributed by atoms with van der Waals surface area (Å²) < 4.78 is 0. The Morgan fingerprint density at radius 1 is 1.25 bits per heavy atom. The fourth-order valence-electron chi connectivity index (χ4n) is 1.80. The molecule has 16 heavy (non-hydrogen) atoms. The van der Waals surface area contributed by atoms with E-state index >= 15 is 0 Å². The number of thiophene rings is 1. The van der Waals surface area contributed by atoms with Gasteiger partial charge >= 0.3 is 0 Å². The van der Waals surface area contributed by atoms with Crippen LogP contribution < -0.4 is 5.32 Å². The summed E-state index contributed by atoms with van der Waals surface area (Å²) in [5.41, 5.74) is 0. The Bertz CT molecular complexity index is 254. The standard InChI is InChI=1S/C14H25NS/c1-12(2)10-15-11-13(3)6-4-7-14-8-5-9-16-14/h5,8-9,12-13,15H,4,6-7,10-11H2,1-3H3. The van der Waals surface area contributed by atoms with Crippen LogP contribution >= 0.6 is 11.3 Å². The number of hydrogen-bond donors (Lipinski definition) is 1. The molecule has 0 spiro atoms. The molecule has 1 atom stereocenters. The van der Waals surface area contributed by atoms with Crippen molar-refractivity contribution in [3.05, 3.63) is 22.4 Å². The van der Waals surface area contributed by atoms with Crippen molar-refractivity contribution in [3.8, 4) is 0 Å². The molecule has 1 aromatic heterocycles. The summed E-state index contributed by atoms with van der Waals surface area (Å²) in [5.74, 6) is 1.57. The summed E-state index contributed by atoms with van der Waals surface area (Å²) in [6, 6.07) is 4.39. The van der Waals surface area contributed by atoms with Crippen LogP contribution in [0, 0.1) is 11.8 Å². The van der Waals surface area contributed by atoms with Crippen molar-refractivity contribution in [2.45, 2.75) is 40.0 Å². The number of hydrogen-bond acceptors (Lipinski definition) is 2. The maximum absolute atomic E-state index is 3.53. The molecule has 0 bridgehead atoms. The molecule has 0 aliphatic rings. The average molecular weight is 239 g/mol. The summed E-state index contributed by atoms with van der Waals surface area (Å²) >= 11 is 1.88. The third kappa shape index (κ3) is 6.29. The van der Waals surface area contributed by atoms with Crippen molar-refractivity contribution in [1.82, 2.24) is 5.32 Å². The second-order valence-electron chi connectivity index (χ2n) is 5.13. The first-order chi connectivity index (χ1) is 7.68. The van der Waals surface area contributed by atoms with Crippen molar-refractivity contribution in [2.75, 3.05) is 13.1 Å². The molecule has 0 aromatic carbocycles. The Kier molecular flexibility index (Phi) is 6.74. The molecule has 1 heterocycles. The van der Waals surface area contributed by atoms with Crippen LogP contribution in [0.4, 0.5) is 0 Å². The summed E-state index contributed by atoms with van der Waals surface area (Å²) in [4.78, 5) is 1.53. The predicted octanol–water partition coefficient (Wildman–Crippen LogP) is 3.95. The van der Waals surface area contributed by atoms with E-state index in [1.807, 2.05) is 11.3 Å². The van der Waals surface area contributed by atoms with Gasteiger partial charge in [-0.25, -0.2) is 0 Å². The number of nitrogens with one attached hydrogen (secondary N) is 1. The SMILES string of the molecule is CC(C)CNCC(C)CCCc1cccs1. The maximum atomic E-state index is 3.53. The van der Waals surface area contributed by atoms with E-state index in [2.05, 4.69) is 43.6 Å². The molecule has 0 saturated heterocycles. The van der Waals surface area contributed by atoms with Gasteiger partial charge in [0.05, 0.1) is 0 Å². The second-order valence-corrected chi connectivity index (χ2v) is 6.16. The quantitative estimate of drug-likeness (QED) is 0.724. The lowest BCUT2D eigenvalue weighted by Crippen LogP contribution is -2.25. The van der Waals surface area contributed by atoms with Gasteiger partial charge in [-0.3, -0.25) is 0 Å². The van der Waals surface area contributed by atoms with E-state index in [0.29, 0.717) is 0 Å². The molecule has 0 fully saturated rings. The maximum Gasteiger partial charge on any atom is 0.00452 e. The van der Waals surface area contributed by atoms with Crippen LogP contribution in [0.1, 0.15) is 38.5 Å². The highest BCUT2D eigenvalue weighted by Crippen LogP contribution is 2.14. The Morgan fingerprint density at radius 2 is 2.06 bits per heavy atom. The van der Waals surface area contributed by atoms with Crippen LogP contribution in [-0.4, -0.2) is 13.1 Å². The lowest BCUT2D eigenvalue weighted by molar-refractivity contribution is 0.444. The van der Waals surface area contributed by atoms with Gasteiger partial charge < -0.3 is 5.32 Å². The van der Waals surface area contributed by atoms with Crippen LogP contribution in [0.5, 0.6) is 0 Å². The fraction of sp³-hybridized carbons (Fsp3) is 0.714. The Hall–Kier alpha value is -0.340. The summed E-state index contributed by atoms with van der Waals surface area (Å²) in [6.07, 6.45) is 3.92.